The van der Waals surface area contributed by atoms with Gasteiger partial charge in [-0.05, 0) is 38.3 Å². The molecule has 128 valence electrons. The third kappa shape index (κ3) is 3.14. The van der Waals surface area contributed by atoms with Crippen molar-refractivity contribution in [2.45, 2.75) is 45.6 Å². The fourth-order valence-corrected chi connectivity index (χ4v) is 2.99. The number of imide groups is 1. The van der Waals surface area contributed by atoms with E-state index in [0.717, 1.165) is 12.8 Å². The first kappa shape index (κ1) is 18.0. The molecule has 1 saturated heterocycles. The molecule has 1 aliphatic carbocycles. The Bertz CT molecular complexity index is 663. The van der Waals surface area contributed by atoms with Gasteiger partial charge in [-0.3, -0.25) is 4.79 Å². The lowest BCUT2D eigenvalue weighted by molar-refractivity contribution is -0.124. The molecule has 4 heteroatoms. The number of carbonyl (C=O) groups is 2. The second-order valence-electron chi connectivity index (χ2n) is 6.05. The molecule has 2 aliphatic rings. The van der Waals surface area contributed by atoms with Crippen LogP contribution in [0.25, 0.3) is 0 Å². The number of nitrogens with zero attached hydrogens (tertiary/aromatic N) is 2. The van der Waals surface area contributed by atoms with Crippen molar-refractivity contribution in [3.63, 3.8) is 0 Å². The predicted molar refractivity (Wildman–Crippen MR) is 97.9 cm³/mol. The van der Waals surface area contributed by atoms with Crippen molar-refractivity contribution < 1.29 is 9.59 Å². The molecule has 0 spiro atoms. The largest absolute Gasteiger partial charge is 0.332 e. The number of amides is 3. The van der Waals surface area contributed by atoms with Gasteiger partial charge in [0.1, 0.15) is 5.54 Å². The molecular formula is C20H26N2O2. The molecule has 4 nitrogen and oxygen atoms in total. The zero-order valence-corrected chi connectivity index (χ0v) is 15.0. The second kappa shape index (κ2) is 7.47. The van der Waals surface area contributed by atoms with Gasteiger partial charge in [-0.25, -0.2) is 9.69 Å². The number of urea groups is 1. The normalized spacial score (nSPS) is 22.6. The highest BCUT2D eigenvalue weighted by Gasteiger charge is 2.52. The Morgan fingerprint density at radius 1 is 1.12 bits per heavy atom. The third-order valence-electron chi connectivity index (χ3n) is 4.68. The van der Waals surface area contributed by atoms with Crippen LogP contribution in [0, 0.1) is 0 Å². The lowest BCUT2D eigenvalue weighted by atomic mass is 9.91. The van der Waals surface area contributed by atoms with E-state index in [1.807, 2.05) is 45.0 Å². The topological polar surface area (TPSA) is 40.6 Å². The number of carbonyl (C=O) groups excluding carboxylic acids is 2. The van der Waals surface area contributed by atoms with Crippen LogP contribution in [0.5, 0.6) is 0 Å². The Balaban J connectivity index is 0.00000100. The molecule has 0 N–H and O–H groups in total. The molecular weight excluding hydrogens is 300 g/mol. The predicted octanol–water partition coefficient (Wildman–Crippen LogP) is 4.54. The van der Waals surface area contributed by atoms with Gasteiger partial charge in [0.2, 0.25) is 0 Å². The fraction of sp³-hybridized carbons (Fsp3) is 0.400. The van der Waals surface area contributed by atoms with Crippen LogP contribution in [0.1, 0.15) is 40.0 Å². The third-order valence-corrected chi connectivity index (χ3v) is 4.68. The molecule has 3 amide bonds. The summed E-state index contributed by atoms with van der Waals surface area (Å²) in [6, 6.07) is 8.87. The molecule has 0 radical (unpaired) electrons. The van der Waals surface area contributed by atoms with Gasteiger partial charge in [-0.1, -0.05) is 55.8 Å². The number of likely N-dealkylation sites (N-methyl/N-ethyl adjacent to an activating group) is 1. The van der Waals surface area contributed by atoms with Crippen molar-refractivity contribution in [2.24, 2.45) is 0 Å². The lowest BCUT2D eigenvalue weighted by Gasteiger charge is -2.28. The maximum absolute atomic E-state index is 12.9. The van der Waals surface area contributed by atoms with E-state index in [2.05, 4.69) is 12.2 Å². The molecule has 1 unspecified atom stereocenters. The number of rotatable bonds is 4. The Morgan fingerprint density at radius 2 is 1.79 bits per heavy atom. The Kier molecular flexibility index (Phi) is 5.60. The van der Waals surface area contributed by atoms with Crippen molar-refractivity contribution in [3.05, 3.63) is 54.1 Å². The van der Waals surface area contributed by atoms with Gasteiger partial charge in [0, 0.05) is 7.05 Å². The summed E-state index contributed by atoms with van der Waals surface area (Å²) in [6.45, 7) is 5.86. The summed E-state index contributed by atoms with van der Waals surface area (Å²) >= 11 is 0. The maximum atomic E-state index is 12.9. The molecule has 0 saturated carbocycles. The highest BCUT2D eigenvalue weighted by molar-refractivity contribution is 6.23. The Morgan fingerprint density at radius 3 is 2.38 bits per heavy atom. The van der Waals surface area contributed by atoms with Crippen LogP contribution in [0.4, 0.5) is 10.5 Å². The number of benzene rings is 1. The van der Waals surface area contributed by atoms with Crippen molar-refractivity contribution >= 4 is 17.6 Å². The van der Waals surface area contributed by atoms with Gasteiger partial charge >= 0.3 is 6.03 Å². The maximum Gasteiger partial charge on any atom is 0.332 e. The number of anilines is 1. The van der Waals surface area contributed by atoms with E-state index >= 15 is 0 Å². The van der Waals surface area contributed by atoms with E-state index in [-0.39, 0.29) is 11.9 Å². The molecule has 1 aliphatic heterocycles. The summed E-state index contributed by atoms with van der Waals surface area (Å²) in [5.41, 5.74) is 1.17. The molecule has 1 aromatic carbocycles. The summed E-state index contributed by atoms with van der Waals surface area (Å²) in [6.07, 6.45) is 8.67. The molecule has 1 aromatic rings. The molecule has 1 heterocycles. The average molecular weight is 326 g/mol. The molecule has 0 bridgehead atoms. The van der Waals surface area contributed by atoms with Gasteiger partial charge in [-0.15, -0.1) is 0 Å². The van der Waals surface area contributed by atoms with E-state index in [9.17, 15) is 9.59 Å². The number of allylic oxidation sites excluding steroid dienone is 4. The fourth-order valence-electron chi connectivity index (χ4n) is 2.99. The van der Waals surface area contributed by atoms with Crippen molar-refractivity contribution in [3.8, 4) is 0 Å². The highest BCUT2D eigenvalue weighted by Crippen LogP contribution is 2.35. The van der Waals surface area contributed by atoms with E-state index in [0.29, 0.717) is 12.1 Å². The number of para-hydroxylation sites is 1. The summed E-state index contributed by atoms with van der Waals surface area (Å²) in [5, 5.41) is 0. The quantitative estimate of drug-likeness (QED) is 0.762. The molecule has 0 aromatic heterocycles. The molecule has 1 fully saturated rings. The van der Waals surface area contributed by atoms with Crippen LogP contribution in [-0.2, 0) is 4.79 Å². The minimum absolute atomic E-state index is 0.141. The first-order valence-corrected chi connectivity index (χ1v) is 8.56. The minimum atomic E-state index is -0.781. The van der Waals surface area contributed by atoms with Crippen LogP contribution in [0.15, 0.2) is 54.1 Å². The first-order valence-electron chi connectivity index (χ1n) is 8.56. The molecule has 1 atom stereocenters. The van der Waals surface area contributed by atoms with Crippen molar-refractivity contribution in [1.82, 2.24) is 4.90 Å². The zero-order valence-electron chi connectivity index (χ0n) is 15.0. The number of hydrogen-bond donors (Lipinski definition) is 0. The van der Waals surface area contributed by atoms with Crippen molar-refractivity contribution in [1.29, 1.82) is 0 Å². The second-order valence-corrected chi connectivity index (χ2v) is 6.05. The van der Waals surface area contributed by atoms with Crippen LogP contribution >= 0.6 is 0 Å². The van der Waals surface area contributed by atoms with Gasteiger partial charge in [0.25, 0.3) is 5.91 Å². The van der Waals surface area contributed by atoms with E-state index < -0.39 is 5.54 Å². The summed E-state index contributed by atoms with van der Waals surface area (Å²) < 4.78 is 0. The van der Waals surface area contributed by atoms with Gasteiger partial charge in [0.15, 0.2) is 0 Å². The smallest absolute Gasteiger partial charge is 0.313 e. The zero-order chi connectivity index (χ0) is 17.7. The minimum Gasteiger partial charge on any atom is -0.313 e. The lowest BCUT2D eigenvalue weighted by Crippen LogP contribution is -2.45. The molecule has 24 heavy (non-hydrogen) atoms. The van der Waals surface area contributed by atoms with Crippen LogP contribution < -0.4 is 4.90 Å². The van der Waals surface area contributed by atoms with Crippen LogP contribution in [0.2, 0.25) is 0 Å². The van der Waals surface area contributed by atoms with Crippen LogP contribution in [-0.4, -0.2) is 29.4 Å². The van der Waals surface area contributed by atoms with Gasteiger partial charge in [0.05, 0.1) is 5.69 Å². The SMILES string of the molecule is CC.CN1C(=O)N(c2ccccc2)C(=O)C1(C)CCC1=CC=CC1. The highest BCUT2D eigenvalue weighted by atomic mass is 16.2. The summed E-state index contributed by atoms with van der Waals surface area (Å²) in [7, 11) is 1.71. The Hall–Kier alpha value is -2.36. The van der Waals surface area contributed by atoms with E-state index in [1.54, 1.807) is 24.1 Å². The summed E-state index contributed by atoms with van der Waals surface area (Å²) in [5.74, 6) is -0.141. The van der Waals surface area contributed by atoms with E-state index in [1.165, 1.54) is 10.5 Å². The first-order chi connectivity index (χ1) is 11.5. The standard InChI is InChI=1S/C18H20N2O2.C2H6/c1-18(13-12-14-8-6-7-9-14)16(21)20(17(22)19(18)2)15-10-4-3-5-11-15;1-2/h3-8,10-11H,9,12-13H2,1-2H3;1-2H3. The van der Waals surface area contributed by atoms with Gasteiger partial charge in [-0.2, -0.15) is 0 Å². The van der Waals surface area contributed by atoms with Crippen LogP contribution in [0.3, 0.4) is 0 Å². The molecule has 3 rings (SSSR count). The van der Waals surface area contributed by atoms with E-state index in [4.69, 9.17) is 0 Å². The summed E-state index contributed by atoms with van der Waals surface area (Å²) in [4.78, 5) is 28.3. The Labute approximate surface area is 144 Å². The average Bonchev–Trinajstić information content (AvgIpc) is 3.20. The number of hydrogen-bond acceptors (Lipinski definition) is 2. The van der Waals surface area contributed by atoms with Gasteiger partial charge < -0.3 is 4.90 Å². The van der Waals surface area contributed by atoms with Crippen molar-refractivity contribution in [2.75, 3.05) is 11.9 Å². The monoisotopic (exact) mass is 326 g/mol.